The zero-order chi connectivity index (χ0) is 7.56. The molecule has 1 unspecified atom stereocenters. The van der Waals surface area contributed by atoms with Crippen molar-refractivity contribution in [1.29, 1.82) is 0 Å². The molecule has 0 bridgehead atoms. The Bertz CT molecular complexity index is 137. The van der Waals surface area contributed by atoms with E-state index in [-0.39, 0.29) is 12.1 Å². The van der Waals surface area contributed by atoms with Gasteiger partial charge >= 0.3 is 6.03 Å². The molecule has 1 aliphatic rings. The summed E-state index contributed by atoms with van der Waals surface area (Å²) in [5.74, 6) is 0. The van der Waals surface area contributed by atoms with Gasteiger partial charge in [0.1, 0.15) is 0 Å². The lowest BCUT2D eigenvalue weighted by Gasteiger charge is -2.05. The number of carbonyl (C=O) groups excluding carboxylic acids is 1. The lowest BCUT2D eigenvalue weighted by molar-refractivity contribution is 0.226. The van der Waals surface area contributed by atoms with Crippen molar-refractivity contribution < 1.29 is 4.79 Å². The molecule has 1 saturated heterocycles. The molecule has 1 atom stereocenters. The van der Waals surface area contributed by atoms with Gasteiger partial charge in [-0.25, -0.2) is 4.79 Å². The summed E-state index contributed by atoms with van der Waals surface area (Å²) in [6.45, 7) is 1.43. The molecular formula is C6H13N3O. The minimum absolute atomic E-state index is 0.0125. The Labute approximate surface area is 60.4 Å². The van der Waals surface area contributed by atoms with E-state index < -0.39 is 0 Å². The summed E-state index contributed by atoms with van der Waals surface area (Å²) in [7, 11) is 1.78. The molecule has 0 aromatic rings. The predicted molar refractivity (Wildman–Crippen MR) is 38.6 cm³/mol. The van der Waals surface area contributed by atoms with Crippen LogP contribution >= 0.6 is 0 Å². The lowest BCUT2D eigenvalue weighted by atomic mass is 10.2. The van der Waals surface area contributed by atoms with Gasteiger partial charge in [-0.2, -0.15) is 0 Å². The Morgan fingerprint density at radius 1 is 1.90 bits per heavy atom. The number of nitrogens with one attached hydrogen (secondary N) is 1. The second-order valence-electron chi connectivity index (χ2n) is 2.60. The van der Waals surface area contributed by atoms with Gasteiger partial charge in [0.2, 0.25) is 0 Å². The Hall–Kier alpha value is -0.770. The molecule has 0 aromatic heterocycles. The van der Waals surface area contributed by atoms with Crippen LogP contribution in [0.4, 0.5) is 4.79 Å². The Balaban J connectivity index is 2.34. The van der Waals surface area contributed by atoms with E-state index in [1.165, 1.54) is 0 Å². The topological polar surface area (TPSA) is 58.4 Å². The third-order valence-electron chi connectivity index (χ3n) is 1.68. The van der Waals surface area contributed by atoms with Crippen LogP contribution in [-0.2, 0) is 0 Å². The van der Waals surface area contributed by atoms with E-state index in [0.717, 1.165) is 13.0 Å². The van der Waals surface area contributed by atoms with Crippen LogP contribution in [0.15, 0.2) is 0 Å². The first-order valence-electron chi connectivity index (χ1n) is 3.45. The molecule has 0 saturated carbocycles. The number of nitrogens with zero attached hydrogens (tertiary/aromatic N) is 1. The van der Waals surface area contributed by atoms with Crippen LogP contribution in [0.3, 0.4) is 0 Å². The zero-order valence-electron chi connectivity index (χ0n) is 6.13. The molecule has 4 nitrogen and oxygen atoms in total. The maximum Gasteiger partial charge on any atom is 0.317 e. The predicted octanol–water partition coefficient (Wildman–Crippen LogP) is -0.641. The Kier molecular flexibility index (Phi) is 2.11. The number of amides is 2. The van der Waals surface area contributed by atoms with Gasteiger partial charge < -0.3 is 16.0 Å². The van der Waals surface area contributed by atoms with Crippen molar-refractivity contribution >= 4 is 6.03 Å². The van der Waals surface area contributed by atoms with Crippen molar-refractivity contribution in [2.24, 2.45) is 5.73 Å². The summed E-state index contributed by atoms with van der Waals surface area (Å²) in [5.41, 5.74) is 5.33. The lowest BCUT2D eigenvalue weighted by Crippen LogP contribution is -2.28. The van der Waals surface area contributed by atoms with Crippen molar-refractivity contribution in [2.75, 3.05) is 20.1 Å². The van der Waals surface area contributed by atoms with Crippen LogP contribution in [-0.4, -0.2) is 37.1 Å². The van der Waals surface area contributed by atoms with E-state index in [1.54, 1.807) is 11.9 Å². The number of carbonyl (C=O) groups is 1. The monoisotopic (exact) mass is 143 g/mol. The third kappa shape index (κ3) is 1.39. The van der Waals surface area contributed by atoms with Gasteiger partial charge in [-0.05, 0) is 13.0 Å². The van der Waals surface area contributed by atoms with Gasteiger partial charge in [-0.15, -0.1) is 0 Å². The molecule has 10 heavy (non-hydrogen) atoms. The molecule has 1 heterocycles. The fourth-order valence-electron chi connectivity index (χ4n) is 1.11. The summed E-state index contributed by atoms with van der Waals surface area (Å²) < 4.78 is 0. The SMILES string of the molecule is CN1CC(CCN)NC1=O. The van der Waals surface area contributed by atoms with E-state index in [9.17, 15) is 4.79 Å². The van der Waals surface area contributed by atoms with E-state index in [0.29, 0.717) is 6.54 Å². The number of hydrogen-bond acceptors (Lipinski definition) is 2. The van der Waals surface area contributed by atoms with Gasteiger partial charge in [0.25, 0.3) is 0 Å². The molecule has 1 fully saturated rings. The molecule has 0 spiro atoms. The van der Waals surface area contributed by atoms with Crippen LogP contribution in [0.5, 0.6) is 0 Å². The third-order valence-corrected chi connectivity index (χ3v) is 1.68. The maximum absolute atomic E-state index is 10.8. The van der Waals surface area contributed by atoms with Crippen LogP contribution in [0.2, 0.25) is 0 Å². The Morgan fingerprint density at radius 2 is 2.60 bits per heavy atom. The molecule has 3 N–H and O–H groups in total. The van der Waals surface area contributed by atoms with Crippen LogP contribution < -0.4 is 11.1 Å². The second-order valence-corrected chi connectivity index (χ2v) is 2.60. The highest BCUT2D eigenvalue weighted by molar-refractivity contribution is 5.76. The fourth-order valence-corrected chi connectivity index (χ4v) is 1.11. The summed E-state index contributed by atoms with van der Waals surface area (Å²) in [6.07, 6.45) is 0.871. The summed E-state index contributed by atoms with van der Waals surface area (Å²) in [5, 5.41) is 2.81. The van der Waals surface area contributed by atoms with Gasteiger partial charge in [0.05, 0.1) is 0 Å². The van der Waals surface area contributed by atoms with Crippen LogP contribution in [0, 0.1) is 0 Å². The van der Waals surface area contributed by atoms with Gasteiger partial charge in [0, 0.05) is 19.6 Å². The summed E-state index contributed by atoms with van der Waals surface area (Å²) in [4.78, 5) is 12.5. The average Bonchev–Trinajstić information content (AvgIpc) is 2.14. The highest BCUT2D eigenvalue weighted by Gasteiger charge is 2.24. The quantitative estimate of drug-likeness (QED) is 0.540. The number of likely N-dealkylation sites (N-methyl/N-ethyl adjacent to an activating group) is 1. The molecule has 0 radical (unpaired) electrons. The Morgan fingerprint density at radius 3 is 3.00 bits per heavy atom. The van der Waals surface area contributed by atoms with Crippen molar-refractivity contribution in [1.82, 2.24) is 10.2 Å². The molecule has 1 aliphatic heterocycles. The summed E-state index contributed by atoms with van der Waals surface area (Å²) >= 11 is 0. The normalized spacial score (nSPS) is 25.2. The van der Waals surface area contributed by atoms with E-state index in [2.05, 4.69) is 5.32 Å². The molecular weight excluding hydrogens is 130 g/mol. The molecule has 58 valence electrons. The largest absolute Gasteiger partial charge is 0.333 e. The first-order chi connectivity index (χ1) is 4.74. The summed E-state index contributed by atoms with van der Waals surface area (Å²) in [6, 6.07) is 0.279. The highest BCUT2D eigenvalue weighted by Crippen LogP contribution is 2.02. The van der Waals surface area contributed by atoms with E-state index in [1.807, 2.05) is 0 Å². The molecule has 0 aliphatic carbocycles. The van der Waals surface area contributed by atoms with Crippen molar-refractivity contribution in [3.8, 4) is 0 Å². The second kappa shape index (κ2) is 2.88. The van der Waals surface area contributed by atoms with Gasteiger partial charge in [0.15, 0.2) is 0 Å². The first-order valence-corrected chi connectivity index (χ1v) is 3.45. The smallest absolute Gasteiger partial charge is 0.317 e. The number of urea groups is 1. The van der Waals surface area contributed by atoms with E-state index >= 15 is 0 Å². The van der Waals surface area contributed by atoms with Gasteiger partial charge in [-0.3, -0.25) is 0 Å². The van der Waals surface area contributed by atoms with Crippen molar-refractivity contribution in [3.63, 3.8) is 0 Å². The van der Waals surface area contributed by atoms with Crippen LogP contribution in [0.1, 0.15) is 6.42 Å². The maximum atomic E-state index is 10.8. The van der Waals surface area contributed by atoms with Crippen molar-refractivity contribution in [3.05, 3.63) is 0 Å². The number of hydrogen-bond donors (Lipinski definition) is 2. The number of rotatable bonds is 2. The molecule has 1 rings (SSSR count). The molecule has 0 aromatic carbocycles. The average molecular weight is 143 g/mol. The minimum Gasteiger partial charge on any atom is -0.333 e. The minimum atomic E-state index is 0.0125. The standard InChI is InChI=1S/C6H13N3O/c1-9-4-5(2-3-7)8-6(9)10/h5H,2-4,7H2,1H3,(H,8,10). The highest BCUT2D eigenvalue weighted by atomic mass is 16.2. The zero-order valence-corrected chi connectivity index (χ0v) is 6.13. The fraction of sp³-hybridized carbons (Fsp3) is 0.833. The number of nitrogens with two attached hydrogens (primary N) is 1. The van der Waals surface area contributed by atoms with Crippen molar-refractivity contribution in [2.45, 2.75) is 12.5 Å². The first kappa shape index (κ1) is 7.34. The molecule has 2 amide bonds. The van der Waals surface area contributed by atoms with Crippen LogP contribution in [0.25, 0.3) is 0 Å². The van der Waals surface area contributed by atoms with Gasteiger partial charge in [-0.1, -0.05) is 0 Å². The van der Waals surface area contributed by atoms with E-state index in [4.69, 9.17) is 5.73 Å². The molecule has 4 heteroatoms.